The van der Waals surface area contributed by atoms with Gasteiger partial charge in [0.05, 0.1) is 22.3 Å². The van der Waals surface area contributed by atoms with Gasteiger partial charge < -0.3 is 16.0 Å². The van der Waals surface area contributed by atoms with Gasteiger partial charge in [0.25, 0.3) is 0 Å². The molecule has 0 saturated carbocycles. The van der Waals surface area contributed by atoms with Crippen LogP contribution in [0.4, 0.5) is 11.5 Å². The van der Waals surface area contributed by atoms with Gasteiger partial charge in [0.2, 0.25) is 5.78 Å². The summed E-state index contributed by atoms with van der Waals surface area (Å²) in [5.41, 5.74) is 17.2. The van der Waals surface area contributed by atoms with E-state index in [-0.39, 0.29) is 17.2 Å². The first kappa shape index (κ1) is 21.6. The number of para-hydroxylation sites is 2. The van der Waals surface area contributed by atoms with Gasteiger partial charge in [-0.15, -0.1) is 11.3 Å². The third-order valence-electron chi connectivity index (χ3n) is 6.04. The number of benzene rings is 2. The molecular formula is C26H22N6OS. The zero-order chi connectivity index (χ0) is 24.0. The number of hydrogen-bond acceptors (Lipinski definition) is 7. The SMILES string of the molecule is CCc1ccc(C(=O)c2sc3nc(N)c(C#N)c(-c4nc5ccccc5n4CC)c3c2N)cc1. The minimum atomic E-state index is -0.185. The Morgan fingerprint density at radius 3 is 2.50 bits per heavy atom. The number of hydrogen-bond donors (Lipinski definition) is 2. The van der Waals surface area contributed by atoms with Crippen LogP contribution < -0.4 is 11.5 Å². The molecule has 0 aliphatic rings. The van der Waals surface area contributed by atoms with Crippen molar-refractivity contribution in [1.82, 2.24) is 14.5 Å². The lowest BCUT2D eigenvalue weighted by molar-refractivity contribution is 0.104. The number of carbonyl (C=O) groups is 1. The van der Waals surface area contributed by atoms with Gasteiger partial charge >= 0.3 is 0 Å². The number of anilines is 2. The fourth-order valence-electron chi connectivity index (χ4n) is 4.28. The van der Waals surface area contributed by atoms with E-state index in [0.717, 1.165) is 23.0 Å². The Morgan fingerprint density at radius 1 is 1.09 bits per heavy atom. The highest BCUT2D eigenvalue weighted by Crippen LogP contribution is 2.43. The zero-order valence-corrected chi connectivity index (χ0v) is 19.6. The summed E-state index contributed by atoms with van der Waals surface area (Å²) in [6.07, 6.45) is 0.890. The molecule has 0 saturated heterocycles. The van der Waals surface area contributed by atoms with Gasteiger partial charge in [0, 0.05) is 17.5 Å². The van der Waals surface area contributed by atoms with Crippen LogP contribution in [0.15, 0.2) is 48.5 Å². The Balaban J connectivity index is 1.80. The summed E-state index contributed by atoms with van der Waals surface area (Å²) < 4.78 is 2.02. The van der Waals surface area contributed by atoms with E-state index in [1.807, 2.05) is 60.0 Å². The average molecular weight is 467 g/mol. The van der Waals surface area contributed by atoms with Crippen molar-refractivity contribution in [3.8, 4) is 17.5 Å². The number of carbonyl (C=O) groups excluding carboxylic acids is 1. The van der Waals surface area contributed by atoms with Crippen LogP contribution in [-0.4, -0.2) is 20.3 Å². The number of nitrogen functional groups attached to an aromatic ring is 2. The largest absolute Gasteiger partial charge is 0.397 e. The summed E-state index contributed by atoms with van der Waals surface area (Å²) in [5.74, 6) is 0.484. The Hall–Kier alpha value is -4.22. The molecule has 0 aliphatic heterocycles. The summed E-state index contributed by atoms with van der Waals surface area (Å²) >= 11 is 1.19. The van der Waals surface area contributed by atoms with E-state index in [0.29, 0.717) is 44.3 Å². The van der Waals surface area contributed by atoms with Crippen molar-refractivity contribution in [2.24, 2.45) is 0 Å². The Morgan fingerprint density at radius 2 is 1.82 bits per heavy atom. The number of aromatic nitrogens is 3. The number of ketones is 1. The van der Waals surface area contributed by atoms with Crippen LogP contribution in [0.2, 0.25) is 0 Å². The monoisotopic (exact) mass is 466 g/mol. The number of imidazole rings is 1. The maximum Gasteiger partial charge on any atom is 0.205 e. The highest BCUT2D eigenvalue weighted by atomic mass is 32.1. The molecule has 2 aromatic carbocycles. The fraction of sp³-hybridized carbons (Fsp3) is 0.154. The summed E-state index contributed by atoms with van der Waals surface area (Å²) in [6, 6.07) is 17.5. The molecule has 0 atom stereocenters. The smallest absolute Gasteiger partial charge is 0.205 e. The molecule has 168 valence electrons. The molecule has 0 bridgehead atoms. The van der Waals surface area contributed by atoms with Crippen LogP contribution in [0.25, 0.3) is 32.6 Å². The zero-order valence-electron chi connectivity index (χ0n) is 18.8. The number of rotatable bonds is 5. The molecule has 0 radical (unpaired) electrons. The van der Waals surface area contributed by atoms with Gasteiger partial charge in [-0.05, 0) is 31.0 Å². The average Bonchev–Trinajstić information content (AvgIpc) is 3.40. The van der Waals surface area contributed by atoms with Crippen LogP contribution in [-0.2, 0) is 13.0 Å². The molecule has 8 heteroatoms. The van der Waals surface area contributed by atoms with E-state index in [9.17, 15) is 10.1 Å². The number of thiophene rings is 1. The summed E-state index contributed by atoms with van der Waals surface area (Å²) in [4.78, 5) is 23.5. The Labute approximate surface area is 200 Å². The van der Waals surface area contributed by atoms with Crippen LogP contribution in [0.1, 0.15) is 40.2 Å². The maximum atomic E-state index is 13.4. The Bertz CT molecular complexity index is 1620. The van der Waals surface area contributed by atoms with E-state index in [4.69, 9.17) is 16.5 Å². The molecule has 0 fully saturated rings. The van der Waals surface area contributed by atoms with E-state index >= 15 is 0 Å². The second-order valence-electron chi connectivity index (χ2n) is 7.93. The minimum Gasteiger partial charge on any atom is -0.397 e. The quantitative estimate of drug-likeness (QED) is 0.345. The fourth-order valence-corrected chi connectivity index (χ4v) is 5.36. The van der Waals surface area contributed by atoms with Gasteiger partial charge in [-0.2, -0.15) is 5.26 Å². The highest BCUT2D eigenvalue weighted by molar-refractivity contribution is 7.21. The van der Waals surface area contributed by atoms with Gasteiger partial charge in [-0.3, -0.25) is 4.79 Å². The first-order valence-electron chi connectivity index (χ1n) is 11.0. The second kappa shape index (κ2) is 8.28. The predicted molar refractivity (Wildman–Crippen MR) is 137 cm³/mol. The van der Waals surface area contributed by atoms with Crippen LogP contribution >= 0.6 is 11.3 Å². The van der Waals surface area contributed by atoms with Crippen LogP contribution in [0.3, 0.4) is 0 Å². The Kier molecular flexibility index (Phi) is 5.27. The van der Waals surface area contributed by atoms with E-state index in [1.165, 1.54) is 11.3 Å². The highest BCUT2D eigenvalue weighted by Gasteiger charge is 2.27. The molecule has 34 heavy (non-hydrogen) atoms. The summed E-state index contributed by atoms with van der Waals surface area (Å²) in [7, 11) is 0. The number of aryl methyl sites for hydroxylation is 2. The van der Waals surface area contributed by atoms with Crippen molar-refractivity contribution in [3.05, 3.63) is 70.1 Å². The van der Waals surface area contributed by atoms with Crippen molar-refractivity contribution in [3.63, 3.8) is 0 Å². The number of nitrogens with zero attached hydrogens (tertiary/aromatic N) is 4. The lowest BCUT2D eigenvalue weighted by atomic mass is 10.0. The molecule has 0 spiro atoms. The van der Waals surface area contributed by atoms with Crippen molar-refractivity contribution in [2.75, 3.05) is 11.5 Å². The predicted octanol–water partition coefficient (Wildman–Crippen LogP) is 5.16. The number of nitriles is 1. The molecule has 4 N–H and O–H groups in total. The lowest BCUT2D eigenvalue weighted by Crippen LogP contribution is -2.05. The molecule has 5 rings (SSSR count). The van der Waals surface area contributed by atoms with Crippen molar-refractivity contribution in [1.29, 1.82) is 5.26 Å². The van der Waals surface area contributed by atoms with E-state index in [1.54, 1.807) is 0 Å². The molecule has 0 aliphatic carbocycles. The molecule has 0 unspecified atom stereocenters. The number of fused-ring (bicyclic) bond motifs is 2. The standard InChI is InChI=1S/C26H22N6OS/c1-3-14-9-11-15(12-10-14)22(33)23-21(28)20-19(16(13-27)24(29)31-26(20)34-23)25-30-17-7-5-6-8-18(17)32(25)4-2/h5-12H,3-4,28H2,1-2H3,(H2,29,31). The van der Waals surface area contributed by atoms with Crippen LogP contribution in [0.5, 0.6) is 0 Å². The van der Waals surface area contributed by atoms with Gasteiger partial charge in [-0.25, -0.2) is 9.97 Å². The molecule has 3 aromatic heterocycles. The molecule has 7 nitrogen and oxygen atoms in total. The van der Waals surface area contributed by atoms with Crippen LogP contribution in [0, 0.1) is 11.3 Å². The maximum absolute atomic E-state index is 13.4. The lowest BCUT2D eigenvalue weighted by Gasteiger charge is -2.11. The number of nitrogens with two attached hydrogens (primary N) is 2. The van der Waals surface area contributed by atoms with Crippen molar-refractivity contribution < 1.29 is 4.79 Å². The van der Waals surface area contributed by atoms with E-state index < -0.39 is 0 Å². The van der Waals surface area contributed by atoms with Crippen molar-refractivity contribution in [2.45, 2.75) is 26.8 Å². The normalized spacial score (nSPS) is 11.2. The molecular weight excluding hydrogens is 444 g/mol. The number of pyridine rings is 1. The molecule has 5 aromatic rings. The first-order valence-corrected chi connectivity index (χ1v) is 11.8. The summed E-state index contributed by atoms with van der Waals surface area (Å²) in [5, 5.41) is 10.5. The summed E-state index contributed by atoms with van der Waals surface area (Å²) in [6.45, 7) is 4.70. The van der Waals surface area contributed by atoms with E-state index in [2.05, 4.69) is 18.0 Å². The minimum absolute atomic E-state index is 0.0901. The van der Waals surface area contributed by atoms with Gasteiger partial charge in [0.1, 0.15) is 33.0 Å². The van der Waals surface area contributed by atoms with Crippen molar-refractivity contribution >= 4 is 49.9 Å². The topological polar surface area (TPSA) is 124 Å². The van der Waals surface area contributed by atoms with Gasteiger partial charge in [-0.1, -0.05) is 43.3 Å². The third-order valence-corrected chi connectivity index (χ3v) is 7.14. The first-order chi connectivity index (χ1) is 16.5. The van der Waals surface area contributed by atoms with Gasteiger partial charge in [0.15, 0.2) is 0 Å². The molecule has 3 heterocycles. The third kappa shape index (κ3) is 3.21. The molecule has 0 amide bonds. The second-order valence-corrected chi connectivity index (χ2v) is 8.93.